The number of benzene rings is 1. The van der Waals surface area contributed by atoms with Crippen LogP contribution in [-0.2, 0) is 0 Å². The minimum absolute atomic E-state index is 0.719. The number of hydrogen-bond acceptors (Lipinski definition) is 3. The molecule has 2 aliphatic rings. The highest BCUT2D eigenvalue weighted by molar-refractivity contribution is 5.27. The van der Waals surface area contributed by atoms with Gasteiger partial charge in [-0.3, -0.25) is 4.90 Å². The van der Waals surface area contributed by atoms with Crippen LogP contribution in [0.25, 0.3) is 0 Å². The first kappa shape index (κ1) is 13.9. The van der Waals surface area contributed by atoms with E-state index in [0.717, 1.165) is 31.0 Å². The summed E-state index contributed by atoms with van der Waals surface area (Å²) in [6.45, 7) is 6.40. The molecule has 0 aliphatic carbocycles. The Morgan fingerprint density at radius 1 is 1.30 bits per heavy atom. The second-order valence-electron chi connectivity index (χ2n) is 6.11. The average Bonchev–Trinajstić information content (AvgIpc) is 3.09. The summed E-state index contributed by atoms with van der Waals surface area (Å²) in [4.78, 5) is 2.62. The summed E-state index contributed by atoms with van der Waals surface area (Å²) in [5.74, 6) is 1.000. The summed E-state index contributed by atoms with van der Waals surface area (Å²) in [6.07, 6.45) is 5.38. The molecule has 1 aromatic rings. The van der Waals surface area contributed by atoms with Crippen molar-refractivity contribution >= 4 is 0 Å². The Kier molecular flexibility index (Phi) is 4.58. The summed E-state index contributed by atoms with van der Waals surface area (Å²) < 4.78 is 5.90. The average molecular weight is 274 g/mol. The third-order valence-corrected chi connectivity index (χ3v) is 4.61. The van der Waals surface area contributed by atoms with Crippen LogP contribution < -0.4 is 10.1 Å². The van der Waals surface area contributed by atoms with E-state index in [1.807, 2.05) is 6.07 Å². The van der Waals surface area contributed by atoms with E-state index in [1.54, 1.807) is 0 Å². The lowest BCUT2D eigenvalue weighted by Gasteiger charge is -2.29. The summed E-state index contributed by atoms with van der Waals surface area (Å²) in [7, 11) is 0. The fraction of sp³-hybridized carbons (Fsp3) is 0.647. The zero-order chi connectivity index (χ0) is 13.8. The van der Waals surface area contributed by atoms with Gasteiger partial charge in [-0.15, -0.1) is 0 Å². The highest BCUT2D eigenvalue weighted by Gasteiger charge is 2.32. The summed E-state index contributed by atoms with van der Waals surface area (Å²) in [5.41, 5.74) is 1.26. The van der Waals surface area contributed by atoms with Gasteiger partial charge >= 0.3 is 0 Å². The zero-order valence-corrected chi connectivity index (χ0v) is 12.5. The molecule has 3 rings (SSSR count). The molecule has 20 heavy (non-hydrogen) atoms. The van der Waals surface area contributed by atoms with E-state index in [-0.39, 0.29) is 0 Å². The van der Waals surface area contributed by atoms with Crippen LogP contribution in [0.2, 0.25) is 0 Å². The van der Waals surface area contributed by atoms with Gasteiger partial charge in [-0.2, -0.15) is 0 Å². The number of nitrogens with zero attached hydrogens (tertiary/aromatic N) is 1. The van der Waals surface area contributed by atoms with Crippen molar-refractivity contribution in [3.8, 4) is 5.75 Å². The first-order chi connectivity index (χ1) is 9.83. The second kappa shape index (κ2) is 6.59. The van der Waals surface area contributed by atoms with Crippen LogP contribution in [0.15, 0.2) is 24.3 Å². The van der Waals surface area contributed by atoms with Crippen molar-refractivity contribution < 1.29 is 4.74 Å². The first-order valence-electron chi connectivity index (χ1n) is 8.00. The van der Waals surface area contributed by atoms with Crippen LogP contribution in [0, 0.1) is 6.92 Å². The molecule has 0 radical (unpaired) electrons. The Morgan fingerprint density at radius 2 is 2.25 bits per heavy atom. The van der Waals surface area contributed by atoms with Gasteiger partial charge in [-0.1, -0.05) is 12.1 Å². The van der Waals surface area contributed by atoms with E-state index in [1.165, 1.54) is 44.3 Å². The molecule has 2 heterocycles. The summed E-state index contributed by atoms with van der Waals surface area (Å²) >= 11 is 0. The van der Waals surface area contributed by atoms with Gasteiger partial charge in [0, 0.05) is 18.6 Å². The quantitative estimate of drug-likeness (QED) is 0.893. The molecule has 2 atom stereocenters. The molecule has 3 heteroatoms. The van der Waals surface area contributed by atoms with Crippen LogP contribution in [0.5, 0.6) is 5.75 Å². The molecule has 2 fully saturated rings. The van der Waals surface area contributed by atoms with Gasteiger partial charge in [0.15, 0.2) is 0 Å². The van der Waals surface area contributed by atoms with Crippen LogP contribution in [0.1, 0.15) is 31.2 Å². The lowest BCUT2D eigenvalue weighted by Crippen LogP contribution is -2.45. The van der Waals surface area contributed by atoms with E-state index < -0.39 is 0 Å². The summed E-state index contributed by atoms with van der Waals surface area (Å²) in [6, 6.07) is 9.78. The maximum absolute atomic E-state index is 5.90. The molecular weight excluding hydrogens is 248 g/mol. The fourth-order valence-corrected chi connectivity index (χ4v) is 3.61. The minimum atomic E-state index is 0.719. The van der Waals surface area contributed by atoms with Crippen LogP contribution >= 0.6 is 0 Å². The van der Waals surface area contributed by atoms with Gasteiger partial charge in [0.05, 0.1) is 0 Å². The van der Waals surface area contributed by atoms with Crippen molar-refractivity contribution in [2.45, 2.75) is 44.7 Å². The van der Waals surface area contributed by atoms with Crippen LogP contribution in [0.3, 0.4) is 0 Å². The van der Waals surface area contributed by atoms with Gasteiger partial charge in [-0.25, -0.2) is 0 Å². The highest BCUT2D eigenvalue weighted by atomic mass is 16.5. The van der Waals surface area contributed by atoms with Crippen molar-refractivity contribution in [1.29, 1.82) is 0 Å². The molecule has 2 unspecified atom stereocenters. The third-order valence-electron chi connectivity index (χ3n) is 4.61. The van der Waals surface area contributed by atoms with Crippen molar-refractivity contribution in [2.75, 3.05) is 26.2 Å². The number of hydrogen-bond donors (Lipinski definition) is 1. The highest BCUT2D eigenvalue weighted by Crippen LogP contribution is 2.24. The Labute approximate surface area is 122 Å². The van der Waals surface area contributed by atoms with Crippen molar-refractivity contribution in [2.24, 2.45) is 0 Å². The Bertz CT molecular complexity index is 429. The Balaban J connectivity index is 1.47. The van der Waals surface area contributed by atoms with Crippen molar-refractivity contribution in [1.82, 2.24) is 10.2 Å². The molecule has 0 bridgehead atoms. The van der Waals surface area contributed by atoms with E-state index in [0.29, 0.717) is 0 Å². The van der Waals surface area contributed by atoms with Crippen LogP contribution in [-0.4, -0.2) is 43.2 Å². The maximum atomic E-state index is 5.90. The SMILES string of the molecule is Cc1cccc(OCCN2CCCC2C2CCCN2)c1. The zero-order valence-electron chi connectivity index (χ0n) is 12.5. The maximum Gasteiger partial charge on any atom is 0.119 e. The number of aryl methyl sites for hydroxylation is 1. The lowest BCUT2D eigenvalue weighted by atomic mass is 10.0. The topological polar surface area (TPSA) is 24.5 Å². The van der Waals surface area contributed by atoms with Gasteiger partial charge < -0.3 is 10.1 Å². The fourth-order valence-electron chi connectivity index (χ4n) is 3.61. The summed E-state index contributed by atoms with van der Waals surface area (Å²) in [5, 5.41) is 3.66. The predicted octanol–water partition coefficient (Wildman–Crippen LogP) is 2.59. The van der Waals surface area contributed by atoms with Gasteiger partial charge in [0.2, 0.25) is 0 Å². The van der Waals surface area contributed by atoms with E-state index in [9.17, 15) is 0 Å². The second-order valence-corrected chi connectivity index (χ2v) is 6.11. The Hall–Kier alpha value is -1.06. The smallest absolute Gasteiger partial charge is 0.119 e. The van der Waals surface area contributed by atoms with E-state index in [4.69, 9.17) is 4.74 Å². The number of ether oxygens (including phenoxy) is 1. The van der Waals surface area contributed by atoms with Gasteiger partial charge in [0.25, 0.3) is 0 Å². The van der Waals surface area contributed by atoms with Crippen LogP contribution in [0.4, 0.5) is 0 Å². The molecule has 0 spiro atoms. The molecule has 3 nitrogen and oxygen atoms in total. The molecule has 110 valence electrons. The van der Waals surface area contributed by atoms with Gasteiger partial charge in [-0.05, 0) is 63.4 Å². The van der Waals surface area contributed by atoms with Gasteiger partial charge in [0.1, 0.15) is 12.4 Å². The normalized spacial score (nSPS) is 27.1. The van der Waals surface area contributed by atoms with E-state index >= 15 is 0 Å². The van der Waals surface area contributed by atoms with E-state index in [2.05, 4.69) is 35.3 Å². The predicted molar refractivity (Wildman–Crippen MR) is 82.3 cm³/mol. The monoisotopic (exact) mass is 274 g/mol. The van der Waals surface area contributed by atoms with Crippen molar-refractivity contribution in [3.05, 3.63) is 29.8 Å². The largest absolute Gasteiger partial charge is 0.492 e. The first-order valence-corrected chi connectivity index (χ1v) is 8.00. The molecule has 1 N–H and O–H groups in total. The number of likely N-dealkylation sites (tertiary alicyclic amines) is 1. The molecule has 0 saturated carbocycles. The van der Waals surface area contributed by atoms with Crippen molar-refractivity contribution in [3.63, 3.8) is 0 Å². The molecule has 2 saturated heterocycles. The molecule has 2 aliphatic heterocycles. The Morgan fingerprint density at radius 3 is 3.05 bits per heavy atom. The molecular formula is C17H26N2O. The standard InChI is InChI=1S/C17H26N2O/c1-14-5-2-6-15(13-14)20-12-11-19-10-4-8-17(19)16-7-3-9-18-16/h2,5-6,13,16-18H,3-4,7-12H2,1H3. The third kappa shape index (κ3) is 3.33. The molecule has 0 amide bonds. The lowest BCUT2D eigenvalue weighted by molar-refractivity contribution is 0.174. The molecule has 0 aromatic heterocycles. The molecule has 1 aromatic carbocycles. The number of nitrogens with one attached hydrogen (secondary N) is 1. The number of rotatable bonds is 5. The minimum Gasteiger partial charge on any atom is -0.492 e.